The standard InChI is InChI=1S/C32H34ClF2N7O5S/c1-31(2,3)16-32(20-7-4-17(5-8-20)19-13-37-41(14-19)27(34)35)26(43)42(28(40-32)39-29(44)45)24(15-47-30(46)38-21-9-10-21)18-6-11-23(33)22(12-18)25(36)48/h4-8,11-14,21,24,27H,9-10,15-16H2,1-3H3,(H2,36,48)(H,38,46)(H,39,40)(H,44,45)/t24-,32-/m1/s1. The lowest BCUT2D eigenvalue weighted by Crippen LogP contribution is -2.47. The van der Waals surface area contributed by atoms with E-state index in [-0.39, 0.29) is 35.0 Å². The van der Waals surface area contributed by atoms with Gasteiger partial charge in [-0.05, 0) is 53.5 Å². The van der Waals surface area contributed by atoms with Gasteiger partial charge < -0.3 is 26.2 Å². The number of carboxylic acid groups (broad SMARTS) is 1. The van der Waals surface area contributed by atoms with Crippen LogP contribution >= 0.6 is 23.8 Å². The van der Waals surface area contributed by atoms with Crippen LogP contribution in [0.4, 0.5) is 18.4 Å². The van der Waals surface area contributed by atoms with E-state index in [2.05, 4.69) is 20.7 Å². The summed E-state index contributed by atoms with van der Waals surface area (Å²) in [5.41, 5.74) is 6.03. The number of nitrogens with one attached hydrogen (secondary N) is 2. The Labute approximate surface area is 285 Å². The van der Waals surface area contributed by atoms with Crippen LogP contribution in [0.25, 0.3) is 11.1 Å². The summed E-state index contributed by atoms with van der Waals surface area (Å²) >= 11 is 11.5. The number of nitrogens with two attached hydrogens (primary N) is 1. The van der Waals surface area contributed by atoms with Crippen molar-refractivity contribution in [2.24, 2.45) is 16.1 Å². The van der Waals surface area contributed by atoms with Gasteiger partial charge in [0.2, 0.25) is 5.96 Å². The summed E-state index contributed by atoms with van der Waals surface area (Å²) in [5, 5.41) is 19.6. The van der Waals surface area contributed by atoms with Crippen molar-refractivity contribution in [3.63, 3.8) is 0 Å². The molecule has 0 radical (unpaired) electrons. The number of benzene rings is 2. The van der Waals surface area contributed by atoms with E-state index in [1.165, 1.54) is 18.5 Å². The highest BCUT2D eigenvalue weighted by Gasteiger charge is 2.55. The Balaban J connectivity index is 1.61. The van der Waals surface area contributed by atoms with Gasteiger partial charge in [0.25, 0.3) is 5.91 Å². The zero-order chi connectivity index (χ0) is 35.0. The fourth-order valence-corrected chi connectivity index (χ4v) is 6.12. The lowest BCUT2D eigenvalue weighted by Gasteiger charge is -2.35. The van der Waals surface area contributed by atoms with Crippen LogP contribution in [-0.4, -0.2) is 61.5 Å². The fourth-order valence-electron chi connectivity index (χ4n) is 5.67. The molecule has 1 saturated carbocycles. The second-order valence-electron chi connectivity index (χ2n) is 12.9. The van der Waals surface area contributed by atoms with Crippen LogP contribution in [0.1, 0.15) is 69.3 Å². The number of aromatic nitrogens is 2. The van der Waals surface area contributed by atoms with Crippen molar-refractivity contribution >= 4 is 52.9 Å². The molecular weight excluding hydrogens is 668 g/mol. The molecule has 16 heteroatoms. The van der Waals surface area contributed by atoms with Crippen LogP contribution in [0, 0.1) is 5.41 Å². The lowest BCUT2D eigenvalue weighted by molar-refractivity contribution is -0.134. The molecule has 0 bridgehead atoms. The molecule has 2 heterocycles. The van der Waals surface area contributed by atoms with Crippen LogP contribution in [-0.2, 0) is 15.1 Å². The summed E-state index contributed by atoms with van der Waals surface area (Å²) < 4.78 is 32.4. The highest BCUT2D eigenvalue weighted by Crippen LogP contribution is 2.43. The van der Waals surface area contributed by atoms with E-state index in [9.17, 15) is 28.3 Å². The van der Waals surface area contributed by atoms with Crippen LogP contribution in [0.15, 0.2) is 59.9 Å². The van der Waals surface area contributed by atoms with Crippen molar-refractivity contribution in [1.82, 2.24) is 25.3 Å². The molecule has 254 valence electrons. The number of guanidine groups is 1. The number of aliphatic imine (C=N–C) groups is 1. The maximum atomic E-state index is 14.9. The quantitative estimate of drug-likeness (QED) is 0.187. The molecule has 3 amide bonds. The number of hydrogen-bond donors (Lipinski definition) is 4. The SMILES string of the molecule is CC(C)(C)C[C@]1(c2ccc(-c3cnn(C(F)F)c3)cc2)N/C(=N\C(=O)O)N([C@H](COC(=O)NC2CC2)c2ccc(Cl)c(C(N)=S)c2)C1=O. The van der Waals surface area contributed by atoms with Crippen molar-refractivity contribution in [3.05, 3.63) is 76.6 Å². The minimum Gasteiger partial charge on any atom is -0.463 e. The van der Waals surface area contributed by atoms with Gasteiger partial charge >= 0.3 is 18.7 Å². The molecular formula is C32H34ClF2N7O5S. The van der Waals surface area contributed by atoms with E-state index in [0.717, 1.165) is 17.7 Å². The third kappa shape index (κ3) is 7.57. The molecule has 1 aromatic heterocycles. The van der Waals surface area contributed by atoms with Gasteiger partial charge in [-0.1, -0.05) is 74.9 Å². The zero-order valence-corrected chi connectivity index (χ0v) is 27.8. The number of ether oxygens (including phenoxy) is 1. The van der Waals surface area contributed by atoms with Gasteiger partial charge in [-0.25, -0.2) is 14.3 Å². The van der Waals surface area contributed by atoms with Gasteiger partial charge in [0.1, 0.15) is 17.1 Å². The van der Waals surface area contributed by atoms with E-state index in [4.69, 9.17) is 34.3 Å². The molecule has 2 atom stereocenters. The van der Waals surface area contributed by atoms with Crippen molar-refractivity contribution < 1.29 is 33.0 Å². The molecule has 1 aliphatic heterocycles. The van der Waals surface area contributed by atoms with Crippen molar-refractivity contribution in [2.75, 3.05) is 6.61 Å². The summed E-state index contributed by atoms with van der Waals surface area (Å²) in [4.78, 5) is 44.5. The molecule has 3 aromatic rings. The van der Waals surface area contributed by atoms with Crippen LogP contribution in [0.5, 0.6) is 0 Å². The molecule has 2 aromatic carbocycles. The first-order chi connectivity index (χ1) is 22.6. The van der Waals surface area contributed by atoms with Crippen molar-refractivity contribution in [3.8, 4) is 11.1 Å². The molecule has 1 aliphatic carbocycles. The van der Waals surface area contributed by atoms with Gasteiger partial charge in [0.05, 0.1) is 17.3 Å². The van der Waals surface area contributed by atoms with E-state index >= 15 is 0 Å². The predicted octanol–water partition coefficient (Wildman–Crippen LogP) is 5.96. The summed E-state index contributed by atoms with van der Waals surface area (Å²) in [7, 11) is 0. The maximum Gasteiger partial charge on any atom is 0.434 e. The van der Waals surface area contributed by atoms with Gasteiger partial charge in [-0.3, -0.25) is 9.69 Å². The number of amides is 3. The number of hydrogen-bond acceptors (Lipinski definition) is 6. The Morgan fingerprint density at radius 3 is 2.48 bits per heavy atom. The average Bonchev–Trinajstić information content (AvgIpc) is 3.59. The smallest absolute Gasteiger partial charge is 0.434 e. The van der Waals surface area contributed by atoms with Crippen LogP contribution in [0.2, 0.25) is 5.02 Å². The third-order valence-corrected chi connectivity index (χ3v) is 8.42. The van der Waals surface area contributed by atoms with E-state index in [0.29, 0.717) is 32.5 Å². The third-order valence-electron chi connectivity index (χ3n) is 7.87. The normalized spacial score (nSPS) is 19.4. The topological polar surface area (TPSA) is 164 Å². The number of carbonyl (C=O) groups is 3. The summed E-state index contributed by atoms with van der Waals surface area (Å²) in [6.45, 7) is 2.57. The number of alkyl halides is 2. The first-order valence-electron chi connectivity index (χ1n) is 15.0. The second kappa shape index (κ2) is 13.5. The molecule has 0 spiro atoms. The first kappa shape index (κ1) is 34.7. The Morgan fingerprint density at radius 2 is 1.92 bits per heavy atom. The molecule has 2 fully saturated rings. The zero-order valence-electron chi connectivity index (χ0n) is 26.2. The minimum absolute atomic E-state index is 0.000890. The van der Waals surface area contributed by atoms with Crippen LogP contribution in [0.3, 0.4) is 0 Å². The number of carbonyl (C=O) groups excluding carboxylic acids is 2. The van der Waals surface area contributed by atoms with Crippen LogP contribution < -0.4 is 16.4 Å². The number of rotatable bonds is 10. The average molecular weight is 702 g/mol. The van der Waals surface area contributed by atoms with Crippen molar-refractivity contribution in [1.29, 1.82) is 0 Å². The predicted molar refractivity (Wildman–Crippen MR) is 178 cm³/mol. The molecule has 48 heavy (non-hydrogen) atoms. The highest BCUT2D eigenvalue weighted by molar-refractivity contribution is 7.80. The number of nitrogens with zero attached hydrogens (tertiary/aromatic N) is 4. The van der Waals surface area contributed by atoms with Gasteiger partial charge in [0.15, 0.2) is 0 Å². The molecule has 0 unspecified atom stereocenters. The largest absolute Gasteiger partial charge is 0.463 e. The molecule has 2 aliphatic rings. The Hall–Kier alpha value is -4.63. The molecule has 12 nitrogen and oxygen atoms in total. The number of thiocarbonyl (C=S) groups is 1. The molecule has 1 saturated heterocycles. The number of alkyl carbamates (subject to hydrolysis) is 1. The summed E-state index contributed by atoms with van der Waals surface area (Å²) in [6, 6.07) is 10.2. The van der Waals surface area contributed by atoms with Crippen molar-refractivity contribution in [2.45, 2.75) is 64.2 Å². The lowest BCUT2D eigenvalue weighted by atomic mass is 9.75. The molecule has 5 N–H and O–H groups in total. The number of halogens is 3. The van der Waals surface area contributed by atoms with Gasteiger partial charge in [-0.15, -0.1) is 4.99 Å². The van der Waals surface area contributed by atoms with Gasteiger partial charge in [-0.2, -0.15) is 13.9 Å². The first-order valence-corrected chi connectivity index (χ1v) is 15.8. The fraction of sp³-hybridized carbons (Fsp3) is 0.375. The Bertz CT molecular complexity index is 1770. The molecule has 5 rings (SSSR count). The minimum atomic E-state index is -2.81. The van der Waals surface area contributed by atoms with E-state index in [1.807, 2.05) is 20.8 Å². The Morgan fingerprint density at radius 1 is 1.23 bits per heavy atom. The monoisotopic (exact) mass is 701 g/mol. The summed E-state index contributed by atoms with van der Waals surface area (Å²) in [5.74, 6) is -0.860. The van der Waals surface area contributed by atoms with E-state index in [1.54, 1.807) is 36.4 Å². The van der Waals surface area contributed by atoms with E-state index < -0.39 is 41.6 Å². The van der Waals surface area contributed by atoms with Gasteiger partial charge in [0, 0.05) is 23.4 Å². The maximum absolute atomic E-state index is 14.9. The highest BCUT2D eigenvalue weighted by atomic mass is 35.5. The second-order valence-corrected chi connectivity index (χ2v) is 13.7. The summed E-state index contributed by atoms with van der Waals surface area (Å²) in [6.07, 6.45) is 2.06. The Kier molecular flexibility index (Phi) is 9.74.